The van der Waals surface area contributed by atoms with Gasteiger partial charge < -0.3 is 19.9 Å². The Balaban J connectivity index is 1.63. The summed E-state index contributed by atoms with van der Waals surface area (Å²) in [5, 5.41) is 13.2. The summed E-state index contributed by atoms with van der Waals surface area (Å²) in [6.45, 7) is 0. The predicted molar refractivity (Wildman–Crippen MR) is 63.2 cm³/mol. The van der Waals surface area contributed by atoms with Crippen LogP contribution in [0.2, 0.25) is 0 Å². The Labute approximate surface area is 112 Å². The summed E-state index contributed by atoms with van der Waals surface area (Å²) in [5.41, 5.74) is 0. The van der Waals surface area contributed by atoms with E-state index in [0.29, 0.717) is 28.5 Å². The Hall–Kier alpha value is -0.330. The van der Waals surface area contributed by atoms with Crippen molar-refractivity contribution in [3.05, 3.63) is 0 Å². The van der Waals surface area contributed by atoms with Gasteiger partial charge in [0.05, 0.1) is 18.2 Å². The van der Waals surface area contributed by atoms with Gasteiger partial charge in [0.2, 0.25) is 0 Å². The summed E-state index contributed by atoms with van der Waals surface area (Å²) < 4.78 is 11.5. The number of hydrogen-bond acceptors (Lipinski definition) is 4. The highest BCUT2D eigenvalue weighted by Gasteiger charge is 2.72. The summed E-state index contributed by atoms with van der Waals surface area (Å²) in [6, 6.07) is -0.290. The van der Waals surface area contributed by atoms with Gasteiger partial charge in [-0.15, -0.1) is 0 Å². The van der Waals surface area contributed by atoms with Gasteiger partial charge in [0.25, 0.3) is 0 Å². The fourth-order valence-corrected chi connectivity index (χ4v) is 6.39. The molecule has 3 saturated carbocycles. The molecular formula is C12H14BrNO4. The van der Waals surface area contributed by atoms with Crippen LogP contribution in [0.5, 0.6) is 0 Å². The van der Waals surface area contributed by atoms with E-state index in [4.69, 9.17) is 9.47 Å². The van der Waals surface area contributed by atoms with Gasteiger partial charge in [-0.3, -0.25) is 0 Å². The van der Waals surface area contributed by atoms with Crippen LogP contribution in [0.4, 0.5) is 4.79 Å². The quantitative estimate of drug-likeness (QED) is 0.629. The molecule has 2 saturated heterocycles. The van der Waals surface area contributed by atoms with Crippen LogP contribution in [-0.4, -0.2) is 46.5 Å². The molecule has 2 N–H and O–H groups in total. The molecule has 0 aromatic rings. The first-order chi connectivity index (χ1) is 8.66. The summed E-state index contributed by atoms with van der Waals surface area (Å²) in [6.07, 6.45) is 0.0544. The van der Waals surface area contributed by atoms with Crippen LogP contribution in [-0.2, 0) is 9.47 Å². The van der Waals surface area contributed by atoms with E-state index in [1.807, 2.05) is 0 Å². The van der Waals surface area contributed by atoms with Crippen molar-refractivity contribution >= 4 is 22.0 Å². The Kier molecular flexibility index (Phi) is 1.77. The first kappa shape index (κ1) is 10.5. The second-order valence-electron chi connectivity index (χ2n) is 6.26. The number of carbonyl (C=O) groups is 1. The minimum Gasteiger partial charge on any atom is -0.444 e. The van der Waals surface area contributed by atoms with Crippen molar-refractivity contribution in [3.8, 4) is 0 Å². The molecule has 0 aromatic heterocycles. The number of carbonyl (C=O) groups excluding carboxylic acids is 1. The summed E-state index contributed by atoms with van der Waals surface area (Å²) >= 11 is 3.75. The van der Waals surface area contributed by atoms with Crippen LogP contribution in [0.1, 0.15) is 6.42 Å². The lowest BCUT2D eigenvalue weighted by molar-refractivity contribution is -0.101. The molecule has 5 rings (SSSR count). The number of alkyl carbamates (subject to hydrolysis) is 1. The number of amides is 1. The predicted octanol–water partition coefficient (Wildman–Crippen LogP) is 0.251. The topological polar surface area (TPSA) is 67.8 Å². The van der Waals surface area contributed by atoms with Gasteiger partial charge in [-0.2, -0.15) is 0 Å². The molecule has 2 heterocycles. The van der Waals surface area contributed by atoms with Gasteiger partial charge in [0.15, 0.2) is 0 Å². The van der Waals surface area contributed by atoms with Crippen LogP contribution >= 0.6 is 15.9 Å². The molecule has 10 atom stereocenters. The van der Waals surface area contributed by atoms with Crippen molar-refractivity contribution in [2.75, 3.05) is 0 Å². The van der Waals surface area contributed by atoms with Gasteiger partial charge in [-0.05, 0) is 24.2 Å². The molecule has 18 heavy (non-hydrogen) atoms. The minimum absolute atomic E-state index is 0.124. The lowest BCUT2D eigenvalue weighted by Crippen LogP contribution is -2.59. The maximum Gasteiger partial charge on any atom is 0.407 e. The van der Waals surface area contributed by atoms with Crippen LogP contribution in [0.3, 0.4) is 0 Å². The minimum atomic E-state index is -0.633. The third-order valence-corrected chi connectivity index (χ3v) is 6.98. The van der Waals surface area contributed by atoms with Crippen LogP contribution in [0.15, 0.2) is 0 Å². The van der Waals surface area contributed by atoms with E-state index in [1.54, 1.807) is 0 Å². The molecule has 5 fully saturated rings. The third-order valence-electron chi connectivity index (χ3n) is 5.78. The smallest absolute Gasteiger partial charge is 0.407 e. The van der Waals surface area contributed by atoms with E-state index in [1.165, 1.54) is 0 Å². The van der Waals surface area contributed by atoms with E-state index in [-0.39, 0.29) is 24.4 Å². The normalized spacial score (nSPS) is 66.9. The number of aliphatic hydroxyl groups excluding tert-OH is 1. The molecule has 2 unspecified atom stereocenters. The average Bonchev–Trinajstić information content (AvgIpc) is 2.99. The maximum absolute atomic E-state index is 11.5. The molecular weight excluding hydrogens is 302 g/mol. The van der Waals surface area contributed by atoms with Gasteiger partial charge in [0.1, 0.15) is 12.2 Å². The molecule has 0 aromatic carbocycles. The summed E-state index contributed by atoms with van der Waals surface area (Å²) in [4.78, 5) is 11.8. The zero-order chi connectivity index (χ0) is 12.2. The molecule has 0 radical (unpaired) electrons. The SMILES string of the molecule is O=C1N[C@H]2[C@@H](O)[C@@H]3OC4[C@@H](Br)C5C[C@@H]4[C@@H]3[C@H]5[C@@H]2O1. The highest BCUT2D eigenvalue weighted by molar-refractivity contribution is 9.09. The molecule has 98 valence electrons. The zero-order valence-electron chi connectivity index (χ0n) is 9.53. The number of alkyl halides is 1. The number of nitrogens with one attached hydrogen (secondary N) is 1. The largest absolute Gasteiger partial charge is 0.444 e. The van der Waals surface area contributed by atoms with E-state index in [2.05, 4.69) is 21.2 Å². The monoisotopic (exact) mass is 315 g/mol. The zero-order valence-corrected chi connectivity index (χ0v) is 11.1. The number of fused-ring (bicyclic) bond motifs is 4. The van der Waals surface area contributed by atoms with E-state index in [0.717, 1.165) is 6.42 Å². The van der Waals surface area contributed by atoms with E-state index >= 15 is 0 Å². The highest BCUT2D eigenvalue weighted by atomic mass is 79.9. The van der Waals surface area contributed by atoms with E-state index < -0.39 is 12.2 Å². The highest BCUT2D eigenvalue weighted by Crippen LogP contribution is 2.65. The van der Waals surface area contributed by atoms with E-state index in [9.17, 15) is 9.90 Å². The van der Waals surface area contributed by atoms with Crippen molar-refractivity contribution in [2.45, 2.75) is 41.7 Å². The Morgan fingerprint density at radius 2 is 2.00 bits per heavy atom. The van der Waals surface area contributed by atoms with Gasteiger partial charge in [-0.25, -0.2) is 4.79 Å². The number of halogens is 1. The third kappa shape index (κ3) is 0.947. The number of aliphatic hydroxyl groups is 1. The van der Waals surface area contributed by atoms with Crippen molar-refractivity contribution < 1.29 is 19.4 Å². The van der Waals surface area contributed by atoms with Crippen LogP contribution in [0.25, 0.3) is 0 Å². The lowest BCUT2D eigenvalue weighted by atomic mass is 9.67. The second kappa shape index (κ2) is 3.04. The van der Waals surface area contributed by atoms with Gasteiger partial charge in [0, 0.05) is 10.7 Å². The van der Waals surface area contributed by atoms with Crippen molar-refractivity contribution in [1.82, 2.24) is 5.32 Å². The van der Waals surface area contributed by atoms with Crippen LogP contribution in [0, 0.1) is 23.7 Å². The lowest BCUT2D eigenvalue weighted by Gasteiger charge is -2.42. The summed E-state index contributed by atoms with van der Waals surface area (Å²) in [5.74, 6) is 1.76. The Morgan fingerprint density at radius 3 is 2.83 bits per heavy atom. The molecule has 2 bridgehead atoms. The van der Waals surface area contributed by atoms with Gasteiger partial charge in [-0.1, -0.05) is 15.9 Å². The van der Waals surface area contributed by atoms with Crippen LogP contribution < -0.4 is 5.32 Å². The number of hydrogen-bond donors (Lipinski definition) is 2. The Bertz CT molecular complexity index is 446. The molecule has 5 nitrogen and oxygen atoms in total. The fraction of sp³-hybridized carbons (Fsp3) is 0.917. The molecule has 6 heteroatoms. The number of rotatable bonds is 0. The molecule has 1 amide bonds. The molecule has 5 aliphatic rings. The fourth-order valence-electron chi connectivity index (χ4n) is 5.31. The average molecular weight is 316 g/mol. The Morgan fingerprint density at radius 1 is 1.22 bits per heavy atom. The second-order valence-corrected chi connectivity index (χ2v) is 7.32. The maximum atomic E-state index is 11.5. The molecule has 2 aliphatic heterocycles. The van der Waals surface area contributed by atoms with Gasteiger partial charge >= 0.3 is 6.09 Å². The standard InChI is InChI=1S/C12H14BrNO4/c13-6-2-1-3-5-4(2)10-7(14-12(16)18-10)8(15)11(5)17-9(3)6/h2-11,15H,1H2,(H,14,16)/t2?,3-,4+,5-,6+,7+,8-,9?,10+,11-/m1/s1. The number of ether oxygens (including phenoxy) is 2. The summed E-state index contributed by atoms with van der Waals surface area (Å²) in [7, 11) is 0. The van der Waals surface area contributed by atoms with Crippen molar-refractivity contribution in [2.24, 2.45) is 23.7 Å². The van der Waals surface area contributed by atoms with Crippen molar-refractivity contribution in [1.29, 1.82) is 0 Å². The molecule has 3 aliphatic carbocycles. The molecule has 0 spiro atoms. The first-order valence-electron chi connectivity index (χ1n) is 6.61. The van der Waals surface area contributed by atoms with Crippen molar-refractivity contribution in [3.63, 3.8) is 0 Å². The first-order valence-corrected chi connectivity index (χ1v) is 7.53.